The molecule has 1 heterocycles. The molecule has 9 heteroatoms. The van der Waals surface area contributed by atoms with E-state index in [2.05, 4.69) is 17.2 Å². The van der Waals surface area contributed by atoms with Crippen LogP contribution in [-0.4, -0.2) is 37.6 Å². The van der Waals surface area contributed by atoms with Gasteiger partial charge < -0.3 is 20.1 Å². The van der Waals surface area contributed by atoms with E-state index in [1.54, 1.807) is 36.4 Å². The van der Waals surface area contributed by atoms with Crippen LogP contribution in [0.3, 0.4) is 0 Å². The molecule has 33 heavy (non-hydrogen) atoms. The Hall–Kier alpha value is -3.65. The summed E-state index contributed by atoms with van der Waals surface area (Å²) in [5, 5.41) is 21.4. The molecule has 0 spiro atoms. The molecule has 172 valence electrons. The number of aliphatic carboxylic acids is 1. The Labute approximate surface area is 195 Å². The predicted octanol–water partition coefficient (Wildman–Crippen LogP) is 4.51. The van der Waals surface area contributed by atoms with E-state index in [0.717, 1.165) is 24.2 Å². The zero-order valence-corrected chi connectivity index (χ0v) is 18.8. The number of nitrogens with one attached hydrogen (secondary N) is 1. The second-order valence-electron chi connectivity index (χ2n) is 7.53. The lowest BCUT2D eigenvalue weighted by Gasteiger charge is -2.13. The number of rotatable bonds is 10. The van der Waals surface area contributed by atoms with E-state index in [1.165, 1.54) is 12.1 Å². The van der Waals surface area contributed by atoms with Gasteiger partial charge in [0.1, 0.15) is 5.82 Å². The van der Waals surface area contributed by atoms with Gasteiger partial charge in [-0.25, -0.2) is 9.78 Å². The molecule has 2 aromatic carbocycles. The highest BCUT2D eigenvalue weighted by atomic mass is 35.5. The lowest BCUT2D eigenvalue weighted by molar-refractivity contribution is -0.136. The molecule has 0 unspecified atom stereocenters. The standard InChI is InChI=1S/C24H24ClN3O5/c1-2-3-8-20-27-22(25)19(13-21(29)30)28(20)14-15-9-11-16(12-10-15)26-23(31)17-6-4-5-7-18(17)24(32)33/h4-7,9-12H,2-3,8,13-14H2,1H3,(H,26,31)(H,29,30)(H,32,33). The molecular weight excluding hydrogens is 446 g/mol. The maximum atomic E-state index is 12.6. The van der Waals surface area contributed by atoms with Gasteiger partial charge in [0.25, 0.3) is 5.91 Å². The number of amides is 1. The van der Waals surface area contributed by atoms with Gasteiger partial charge >= 0.3 is 11.9 Å². The normalized spacial score (nSPS) is 10.7. The third kappa shape index (κ3) is 5.98. The molecular formula is C24H24ClN3O5. The zero-order valence-electron chi connectivity index (χ0n) is 18.0. The third-order valence-electron chi connectivity index (χ3n) is 5.13. The average Bonchev–Trinajstić information content (AvgIpc) is 3.07. The van der Waals surface area contributed by atoms with Crippen LogP contribution in [0.15, 0.2) is 48.5 Å². The molecule has 1 amide bonds. The van der Waals surface area contributed by atoms with Crippen molar-refractivity contribution in [3.8, 4) is 0 Å². The van der Waals surface area contributed by atoms with Crippen molar-refractivity contribution in [2.24, 2.45) is 0 Å². The minimum Gasteiger partial charge on any atom is -0.481 e. The number of hydrogen-bond donors (Lipinski definition) is 3. The van der Waals surface area contributed by atoms with Gasteiger partial charge in [0.15, 0.2) is 5.15 Å². The number of halogens is 1. The van der Waals surface area contributed by atoms with Crippen LogP contribution < -0.4 is 5.32 Å². The first-order valence-corrected chi connectivity index (χ1v) is 10.9. The number of unbranched alkanes of at least 4 members (excludes halogenated alkanes) is 1. The summed E-state index contributed by atoms with van der Waals surface area (Å²) in [6, 6.07) is 13.0. The number of aryl methyl sites for hydroxylation is 1. The van der Waals surface area contributed by atoms with Gasteiger partial charge in [-0.2, -0.15) is 0 Å². The highest BCUT2D eigenvalue weighted by molar-refractivity contribution is 6.30. The Morgan fingerprint density at radius 3 is 2.30 bits per heavy atom. The number of nitrogens with zero attached hydrogens (tertiary/aromatic N) is 2. The number of carbonyl (C=O) groups excluding carboxylic acids is 1. The van der Waals surface area contributed by atoms with Crippen molar-refractivity contribution < 1.29 is 24.6 Å². The molecule has 3 rings (SSSR count). The fourth-order valence-electron chi connectivity index (χ4n) is 3.47. The van der Waals surface area contributed by atoms with E-state index in [1.807, 2.05) is 4.57 Å². The van der Waals surface area contributed by atoms with Gasteiger partial charge in [0, 0.05) is 18.7 Å². The smallest absolute Gasteiger partial charge is 0.336 e. The molecule has 0 aliphatic heterocycles. The molecule has 0 aliphatic rings. The van der Waals surface area contributed by atoms with Gasteiger partial charge in [0.2, 0.25) is 0 Å². The first-order valence-electron chi connectivity index (χ1n) is 10.5. The van der Waals surface area contributed by atoms with Crippen LogP contribution in [0.2, 0.25) is 5.15 Å². The van der Waals surface area contributed by atoms with Gasteiger partial charge in [-0.05, 0) is 36.2 Å². The second kappa shape index (κ2) is 10.8. The molecule has 0 aliphatic carbocycles. The molecule has 0 saturated carbocycles. The lowest BCUT2D eigenvalue weighted by Crippen LogP contribution is -2.16. The van der Waals surface area contributed by atoms with Crippen LogP contribution in [0.4, 0.5) is 5.69 Å². The fraction of sp³-hybridized carbons (Fsp3) is 0.250. The molecule has 0 fully saturated rings. The van der Waals surface area contributed by atoms with Crippen molar-refractivity contribution in [2.45, 2.75) is 39.2 Å². The summed E-state index contributed by atoms with van der Waals surface area (Å²) >= 11 is 6.23. The van der Waals surface area contributed by atoms with Gasteiger partial charge in [0.05, 0.1) is 23.2 Å². The summed E-state index contributed by atoms with van der Waals surface area (Å²) in [5.74, 6) is -1.94. The summed E-state index contributed by atoms with van der Waals surface area (Å²) in [7, 11) is 0. The summed E-state index contributed by atoms with van der Waals surface area (Å²) in [6.45, 7) is 2.45. The van der Waals surface area contributed by atoms with Crippen LogP contribution in [0.25, 0.3) is 0 Å². The van der Waals surface area contributed by atoms with Crippen LogP contribution in [0.1, 0.15) is 57.6 Å². The first kappa shape index (κ1) is 24.0. The SMILES string of the molecule is CCCCc1nc(Cl)c(CC(=O)O)n1Cc1ccc(NC(=O)c2ccccc2C(=O)O)cc1. The molecule has 3 aromatic rings. The average molecular weight is 470 g/mol. The topological polar surface area (TPSA) is 122 Å². The van der Waals surface area contributed by atoms with Gasteiger partial charge in [-0.3, -0.25) is 9.59 Å². The Morgan fingerprint density at radius 1 is 1.03 bits per heavy atom. The molecule has 8 nitrogen and oxygen atoms in total. The number of carboxylic acid groups (broad SMARTS) is 2. The fourth-order valence-corrected chi connectivity index (χ4v) is 3.74. The molecule has 0 atom stereocenters. The minimum atomic E-state index is -1.17. The van der Waals surface area contributed by atoms with Crippen LogP contribution in [0.5, 0.6) is 0 Å². The number of carbonyl (C=O) groups is 3. The minimum absolute atomic E-state index is 0.0704. The van der Waals surface area contributed by atoms with Crippen molar-refractivity contribution in [2.75, 3.05) is 5.32 Å². The summed E-state index contributed by atoms with van der Waals surface area (Å²) in [4.78, 5) is 39.6. The van der Waals surface area contributed by atoms with Crippen molar-refractivity contribution >= 4 is 35.1 Å². The molecule has 0 radical (unpaired) electrons. The van der Waals surface area contributed by atoms with Gasteiger partial charge in [-0.1, -0.05) is 49.2 Å². The number of benzene rings is 2. The Balaban J connectivity index is 1.79. The quantitative estimate of drug-likeness (QED) is 0.401. The highest BCUT2D eigenvalue weighted by Crippen LogP contribution is 2.22. The van der Waals surface area contributed by atoms with Gasteiger partial charge in [-0.15, -0.1) is 0 Å². The summed E-state index contributed by atoms with van der Waals surface area (Å²) in [6.07, 6.45) is 2.34. The lowest BCUT2D eigenvalue weighted by atomic mass is 10.1. The Bertz CT molecular complexity index is 1170. The number of anilines is 1. The van der Waals surface area contributed by atoms with E-state index < -0.39 is 17.8 Å². The summed E-state index contributed by atoms with van der Waals surface area (Å²) < 4.78 is 1.84. The van der Waals surface area contributed by atoms with E-state index in [9.17, 15) is 24.6 Å². The number of aromatic carboxylic acids is 1. The number of imidazole rings is 1. The van der Waals surface area contributed by atoms with Crippen LogP contribution >= 0.6 is 11.6 Å². The number of carboxylic acids is 2. The molecule has 3 N–H and O–H groups in total. The van der Waals surface area contributed by atoms with Crippen LogP contribution in [-0.2, 0) is 24.2 Å². The van der Waals surface area contributed by atoms with Crippen LogP contribution in [0, 0.1) is 0 Å². The number of aromatic nitrogens is 2. The van der Waals surface area contributed by atoms with Crippen molar-refractivity contribution in [1.29, 1.82) is 0 Å². The molecule has 1 aromatic heterocycles. The predicted molar refractivity (Wildman–Crippen MR) is 124 cm³/mol. The molecule has 0 saturated heterocycles. The third-order valence-corrected chi connectivity index (χ3v) is 5.43. The van der Waals surface area contributed by atoms with E-state index >= 15 is 0 Å². The maximum Gasteiger partial charge on any atom is 0.336 e. The second-order valence-corrected chi connectivity index (χ2v) is 7.89. The summed E-state index contributed by atoms with van der Waals surface area (Å²) in [5.41, 5.74) is 1.83. The maximum absolute atomic E-state index is 12.6. The first-order chi connectivity index (χ1) is 15.8. The Morgan fingerprint density at radius 2 is 1.70 bits per heavy atom. The highest BCUT2D eigenvalue weighted by Gasteiger charge is 2.19. The zero-order chi connectivity index (χ0) is 24.0. The Kier molecular flexibility index (Phi) is 7.84. The van der Waals surface area contributed by atoms with Crippen molar-refractivity contribution in [1.82, 2.24) is 9.55 Å². The number of hydrogen-bond acceptors (Lipinski definition) is 4. The van der Waals surface area contributed by atoms with E-state index in [-0.39, 0.29) is 22.7 Å². The van der Waals surface area contributed by atoms with Crippen molar-refractivity contribution in [3.63, 3.8) is 0 Å². The monoisotopic (exact) mass is 469 g/mol. The van der Waals surface area contributed by atoms with Crippen molar-refractivity contribution in [3.05, 3.63) is 81.9 Å². The van der Waals surface area contributed by atoms with E-state index in [4.69, 9.17) is 11.6 Å². The van der Waals surface area contributed by atoms with E-state index in [0.29, 0.717) is 24.3 Å². The largest absolute Gasteiger partial charge is 0.481 e. The molecule has 0 bridgehead atoms.